The standard InChI is InChI=1S/C15H15IN2O2/c16-11-2-1-3-12(9-11)18-15(20)14(17)8-10-4-6-13(19)7-5-10/h1-7,9,14,19H,8,17H2,(H,18,20)/t14-/m0/s1. The Morgan fingerprint density at radius 2 is 1.95 bits per heavy atom. The maximum Gasteiger partial charge on any atom is 0.241 e. The van der Waals surface area contributed by atoms with Crippen molar-refractivity contribution in [2.24, 2.45) is 5.73 Å². The van der Waals surface area contributed by atoms with Crippen LogP contribution in [-0.4, -0.2) is 17.1 Å². The van der Waals surface area contributed by atoms with Crippen LogP contribution in [0.5, 0.6) is 5.75 Å². The van der Waals surface area contributed by atoms with Crippen molar-refractivity contribution in [2.45, 2.75) is 12.5 Å². The van der Waals surface area contributed by atoms with Gasteiger partial charge in [0.25, 0.3) is 0 Å². The molecule has 0 bridgehead atoms. The van der Waals surface area contributed by atoms with Gasteiger partial charge in [-0.3, -0.25) is 4.79 Å². The highest BCUT2D eigenvalue weighted by molar-refractivity contribution is 14.1. The van der Waals surface area contributed by atoms with E-state index in [2.05, 4.69) is 27.9 Å². The molecule has 4 N–H and O–H groups in total. The van der Waals surface area contributed by atoms with Gasteiger partial charge in [0.2, 0.25) is 5.91 Å². The predicted octanol–water partition coefficient (Wildman–Crippen LogP) is 2.51. The monoisotopic (exact) mass is 382 g/mol. The van der Waals surface area contributed by atoms with Crippen LogP contribution in [-0.2, 0) is 11.2 Å². The highest BCUT2D eigenvalue weighted by Crippen LogP contribution is 2.14. The van der Waals surface area contributed by atoms with Gasteiger partial charge in [0.15, 0.2) is 0 Å². The van der Waals surface area contributed by atoms with E-state index in [-0.39, 0.29) is 11.7 Å². The number of anilines is 1. The number of halogens is 1. The molecule has 5 heteroatoms. The van der Waals surface area contributed by atoms with Gasteiger partial charge in [-0.25, -0.2) is 0 Å². The molecule has 0 aliphatic heterocycles. The molecule has 0 radical (unpaired) electrons. The number of hydrogen-bond acceptors (Lipinski definition) is 3. The normalized spacial score (nSPS) is 11.9. The first kappa shape index (κ1) is 14.8. The van der Waals surface area contributed by atoms with Crippen LogP contribution in [0.15, 0.2) is 48.5 Å². The van der Waals surface area contributed by atoms with Gasteiger partial charge in [-0.2, -0.15) is 0 Å². The molecule has 0 fully saturated rings. The summed E-state index contributed by atoms with van der Waals surface area (Å²) in [5.74, 6) is -0.0225. The number of benzene rings is 2. The van der Waals surface area contributed by atoms with E-state index < -0.39 is 6.04 Å². The molecule has 0 saturated carbocycles. The molecule has 104 valence electrons. The van der Waals surface area contributed by atoms with Crippen molar-refractivity contribution >= 4 is 34.2 Å². The van der Waals surface area contributed by atoms with Crippen molar-refractivity contribution in [3.63, 3.8) is 0 Å². The summed E-state index contributed by atoms with van der Waals surface area (Å²) in [7, 11) is 0. The van der Waals surface area contributed by atoms with Crippen molar-refractivity contribution in [3.8, 4) is 5.75 Å². The van der Waals surface area contributed by atoms with Crippen LogP contribution < -0.4 is 11.1 Å². The van der Waals surface area contributed by atoms with Crippen LogP contribution in [0.4, 0.5) is 5.69 Å². The van der Waals surface area contributed by atoms with Gasteiger partial charge in [0.05, 0.1) is 6.04 Å². The van der Waals surface area contributed by atoms with Gasteiger partial charge in [-0.05, 0) is 64.9 Å². The number of nitrogens with one attached hydrogen (secondary N) is 1. The molecule has 1 amide bonds. The van der Waals surface area contributed by atoms with Crippen LogP contribution in [0.25, 0.3) is 0 Å². The quantitative estimate of drug-likeness (QED) is 0.712. The zero-order chi connectivity index (χ0) is 14.5. The minimum atomic E-state index is -0.627. The van der Waals surface area contributed by atoms with Crippen molar-refractivity contribution in [2.75, 3.05) is 5.32 Å². The van der Waals surface area contributed by atoms with Gasteiger partial charge < -0.3 is 16.2 Å². The van der Waals surface area contributed by atoms with Crippen LogP contribution in [0, 0.1) is 3.57 Å². The van der Waals surface area contributed by atoms with Gasteiger partial charge in [-0.15, -0.1) is 0 Å². The molecular weight excluding hydrogens is 367 g/mol. The lowest BCUT2D eigenvalue weighted by atomic mass is 10.1. The number of carbonyl (C=O) groups excluding carboxylic acids is 1. The van der Waals surface area contributed by atoms with E-state index in [1.807, 2.05) is 24.3 Å². The first-order valence-corrected chi connectivity index (χ1v) is 7.22. The third kappa shape index (κ3) is 4.21. The molecular formula is C15H15IN2O2. The third-order valence-electron chi connectivity index (χ3n) is 2.82. The zero-order valence-corrected chi connectivity index (χ0v) is 12.9. The highest BCUT2D eigenvalue weighted by atomic mass is 127. The number of rotatable bonds is 4. The maximum absolute atomic E-state index is 12.0. The summed E-state index contributed by atoms with van der Waals surface area (Å²) in [4.78, 5) is 12.0. The predicted molar refractivity (Wildman–Crippen MR) is 87.6 cm³/mol. The SMILES string of the molecule is N[C@@H](Cc1ccc(O)cc1)C(=O)Nc1cccc(I)c1. The van der Waals surface area contributed by atoms with Crippen molar-refractivity contribution in [1.82, 2.24) is 0 Å². The van der Waals surface area contributed by atoms with Crippen LogP contribution >= 0.6 is 22.6 Å². The number of phenols is 1. The molecule has 0 heterocycles. The van der Waals surface area contributed by atoms with Crippen molar-refractivity contribution in [3.05, 3.63) is 57.7 Å². The molecule has 20 heavy (non-hydrogen) atoms. The fraction of sp³-hybridized carbons (Fsp3) is 0.133. The number of carbonyl (C=O) groups is 1. The second-order valence-electron chi connectivity index (χ2n) is 4.48. The fourth-order valence-corrected chi connectivity index (χ4v) is 2.32. The Kier molecular flexibility index (Phi) is 4.97. The summed E-state index contributed by atoms with van der Waals surface area (Å²) in [5, 5.41) is 12.0. The van der Waals surface area contributed by atoms with Crippen LogP contribution in [0.3, 0.4) is 0 Å². The highest BCUT2D eigenvalue weighted by Gasteiger charge is 2.14. The van der Waals surface area contributed by atoms with E-state index in [9.17, 15) is 9.90 Å². The Morgan fingerprint density at radius 1 is 1.25 bits per heavy atom. The number of aromatic hydroxyl groups is 1. The lowest BCUT2D eigenvalue weighted by molar-refractivity contribution is -0.117. The Morgan fingerprint density at radius 3 is 2.60 bits per heavy atom. The molecule has 0 aliphatic carbocycles. The van der Waals surface area contributed by atoms with E-state index in [1.54, 1.807) is 24.3 Å². The van der Waals surface area contributed by atoms with Gasteiger partial charge in [0.1, 0.15) is 5.75 Å². The Bertz CT molecular complexity index is 599. The average molecular weight is 382 g/mol. The second-order valence-corrected chi connectivity index (χ2v) is 5.72. The van der Waals surface area contributed by atoms with E-state index in [1.165, 1.54) is 0 Å². The minimum absolute atomic E-state index is 0.200. The molecule has 4 nitrogen and oxygen atoms in total. The Labute approximate surface area is 131 Å². The fourth-order valence-electron chi connectivity index (χ4n) is 1.78. The molecule has 0 spiro atoms. The molecule has 0 saturated heterocycles. The van der Waals surface area contributed by atoms with E-state index in [0.717, 1.165) is 14.8 Å². The van der Waals surface area contributed by atoms with Crippen LogP contribution in [0.1, 0.15) is 5.56 Å². The van der Waals surface area contributed by atoms with Crippen molar-refractivity contribution < 1.29 is 9.90 Å². The molecule has 2 aromatic rings. The number of phenolic OH excluding ortho intramolecular Hbond substituents is 1. The van der Waals surface area contributed by atoms with Gasteiger partial charge >= 0.3 is 0 Å². The summed E-state index contributed by atoms with van der Waals surface area (Å²) in [6.07, 6.45) is 0.427. The lowest BCUT2D eigenvalue weighted by Crippen LogP contribution is -2.37. The number of hydrogen-bond donors (Lipinski definition) is 3. The topological polar surface area (TPSA) is 75.3 Å². The molecule has 0 unspecified atom stereocenters. The molecule has 2 rings (SSSR count). The second kappa shape index (κ2) is 6.71. The van der Waals surface area contributed by atoms with Crippen LogP contribution in [0.2, 0.25) is 0 Å². The lowest BCUT2D eigenvalue weighted by Gasteiger charge is -2.12. The van der Waals surface area contributed by atoms with Gasteiger partial charge in [-0.1, -0.05) is 18.2 Å². The average Bonchev–Trinajstić information content (AvgIpc) is 2.41. The molecule has 1 atom stereocenters. The first-order valence-electron chi connectivity index (χ1n) is 6.14. The number of nitrogens with two attached hydrogens (primary N) is 1. The van der Waals surface area contributed by atoms with E-state index in [0.29, 0.717) is 6.42 Å². The van der Waals surface area contributed by atoms with Gasteiger partial charge in [0, 0.05) is 9.26 Å². The summed E-state index contributed by atoms with van der Waals surface area (Å²) in [6.45, 7) is 0. The largest absolute Gasteiger partial charge is 0.508 e. The third-order valence-corrected chi connectivity index (χ3v) is 3.49. The molecule has 2 aromatic carbocycles. The maximum atomic E-state index is 12.0. The van der Waals surface area contributed by atoms with E-state index >= 15 is 0 Å². The summed E-state index contributed by atoms with van der Waals surface area (Å²) >= 11 is 2.18. The number of amides is 1. The Hall–Kier alpha value is -1.60. The molecule has 0 aliphatic rings. The molecule has 0 aromatic heterocycles. The van der Waals surface area contributed by atoms with E-state index in [4.69, 9.17) is 5.73 Å². The summed E-state index contributed by atoms with van der Waals surface area (Å²) in [6, 6.07) is 13.6. The van der Waals surface area contributed by atoms with Crippen molar-refractivity contribution in [1.29, 1.82) is 0 Å². The zero-order valence-electron chi connectivity index (χ0n) is 10.7. The summed E-state index contributed by atoms with van der Waals surface area (Å²) in [5.41, 5.74) is 7.55. The smallest absolute Gasteiger partial charge is 0.241 e. The first-order chi connectivity index (χ1) is 9.54. The minimum Gasteiger partial charge on any atom is -0.508 e. The Balaban J connectivity index is 1.96. The summed E-state index contributed by atoms with van der Waals surface area (Å²) < 4.78 is 1.05.